The highest BCUT2D eigenvalue weighted by molar-refractivity contribution is 5.99. The first-order chi connectivity index (χ1) is 8.65. The van der Waals surface area contributed by atoms with Crippen molar-refractivity contribution in [2.75, 3.05) is 30.8 Å². The van der Waals surface area contributed by atoms with E-state index in [2.05, 4.69) is 12.2 Å². The van der Waals surface area contributed by atoms with Gasteiger partial charge >= 0.3 is 0 Å². The van der Waals surface area contributed by atoms with Crippen molar-refractivity contribution in [3.63, 3.8) is 0 Å². The van der Waals surface area contributed by atoms with Crippen molar-refractivity contribution in [3.05, 3.63) is 23.8 Å². The minimum atomic E-state index is -0.480. The van der Waals surface area contributed by atoms with Crippen LogP contribution in [0.4, 0.5) is 11.4 Å². The van der Waals surface area contributed by atoms with Gasteiger partial charge in [0.05, 0.1) is 5.56 Å². The van der Waals surface area contributed by atoms with Crippen molar-refractivity contribution in [3.8, 4) is 0 Å². The SMILES string of the molecule is CCCOCCCNc1ccc(N)cc1C(N)=O. The molecule has 0 aromatic heterocycles. The third-order valence-corrected chi connectivity index (χ3v) is 2.44. The number of carbonyl (C=O) groups excluding carboxylic acids is 1. The standard InChI is InChI=1S/C13H21N3O2/c1-2-7-18-8-3-6-16-12-5-4-10(14)9-11(12)13(15)17/h4-5,9,16H,2-3,6-8,14H2,1H3,(H2,15,17). The van der Waals surface area contributed by atoms with Crippen molar-refractivity contribution in [2.45, 2.75) is 19.8 Å². The molecule has 0 atom stereocenters. The van der Waals surface area contributed by atoms with Gasteiger partial charge in [0.15, 0.2) is 0 Å². The lowest BCUT2D eigenvalue weighted by molar-refractivity contribution is 0.100. The van der Waals surface area contributed by atoms with E-state index in [0.717, 1.165) is 26.0 Å². The predicted octanol–water partition coefficient (Wildman–Crippen LogP) is 1.60. The highest BCUT2D eigenvalue weighted by Crippen LogP contribution is 2.18. The summed E-state index contributed by atoms with van der Waals surface area (Å²) < 4.78 is 5.37. The largest absolute Gasteiger partial charge is 0.399 e. The maximum absolute atomic E-state index is 11.2. The molecule has 1 aromatic rings. The number of benzene rings is 1. The summed E-state index contributed by atoms with van der Waals surface area (Å²) in [5.41, 5.74) is 12.6. The molecule has 5 nitrogen and oxygen atoms in total. The maximum Gasteiger partial charge on any atom is 0.250 e. The number of rotatable bonds is 8. The number of anilines is 2. The van der Waals surface area contributed by atoms with Crippen LogP contribution in [0.1, 0.15) is 30.1 Å². The topological polar surface area (TPSA) is 90.4 Å². The summed E-state index contributed by atoms with van der Waals surface area (Å²) in [5.74, 6) is -0.480. The number of nitrogens with two attached hydrogens (primary N) is 2. The summed E-state index contributed by atoms with van der Waals surface area (Å²) in [6.45, 7) is 4.30. The first-order valence-electron chi connectivity index (χ1n) is 6.16. The highest BCUT2D eigenvalue weighted by Gasteiger charge is 2.07. The molecule has 0 aliphatic carbocycles. The molecule has 1 rings (SSSR count). The van der Waals surface area contributed by atoms with Gasteiger partial charge in [-0.1, -0.05) is 6.92 Å². The van der Waals surface area contributed by atoms with Crippen LogP contribution in [-0.4, -0.2) is 25.7 Å². The fourth-order valence-electron chi connectivity index (χ4n) is 1.56. The summed E-state index contributed by atoms with van der Waals surface area (Å²) in [5, 5.41) is 3.16. The zero-order valence-electron chi connectivity index (χ0n) is 10.7. The van der Waals surface area contributed by atoms with Gasteiger partial charge in [0.25, 0.3) is 5.91 Å². The van der Waals surface area contributed by atoms with E-state index in [0.29, 0.717) is 23.5 Å². The van der Waals surface area contributed by atoms with Crippen LogP contribution >= 0.6 is 0 Å². The molecule has 5 N–H and O–H groups in total. The number of hydrogen-bond acceptors (Lipinski definition) is 4. The van der Waals surface area contributed by atoms with Gasteiger partial charge in [-0.15, -0.1) is 0 Å². The van der Waals surface area contributed by atoms with E-state index in [-0.39, 0.29) is 0 Å². The van der Waals surface area contributed by atoms with E-state index in [1.165, 1.54) is 0 Å². The normalized spacial score (nSPS) is 10.3. The molecule has 18 heavy (non-hydrogen) atoms. The first-order valence-corrected chi connectivity index (χ1v) is 6.16. The zero-order valence-corrected chi connectivity index (χ0v) is 10.7. The third kappa shape index (κ3) is 4.63. The van der Waals surface area contributed by atoms with E-state index < -0.39 is 5.91 Å². The van der Waals surface area contributed by atoms with Gasteiger partial charge in [-0.3, -0.25) is 4.79 Å². The Hall–Kier alpha value is -1.75. The number of amides is 1. The summed E-state index contributed by atoms with van der Waals surface area (Å²) in [4.78, 5) is 11.2. The molecule has 0 radical (unpaired) electrons. The zero-order chi connectivity index (χ0) is 13.4. The first kappa shape index (κ1) is 14.3. The number of carbonyl (C=O) groups is 1. The van der Waals surface area contributed by atoms with Crippen LogP contribution in [0.25, 0.3) is 0 Å². The van der Waals surface area contributed by atoms with Crippen molar-refractivity contribution in [2.24, 2.45) is 5.73 Å². The second kappa shape index (κ2) is 7.55. The van der Waals surface area contributed by atoms with E-state index >= 15 is 0 Å². The minimum Gasteiger partial charge on any atom is -0.399 e. The number of nitrogens with one attached hydrogen (secondary N) is 1. The minimum absolute atomic E-state index is 0.421. The highest BCUT2D eigenvalue weighted by atomic mass is 16.5. The van der Waals surface area contributed by atoms with E-state index in [1.807, 2.05) is 0 Å². The van der Waals surface area contributed by atoms with Gasteiger partial charge in [0.1, 0.15) is 0 Å². The fraction of sp³-hybridized carbons (Fsp3) is 0.462. The molecule has 0 spiro atoms. The lowest BCUT2D eigenvalue weighted by Gasteiger charge is -2.10. The Morgan fingerprint density at radius 2 is 2.17 bits per heavy atom. The second-order valence-electron chi connectivity index (χ2n) is 4.06. The van der Waals surface area contributed by atoms with Crippen LogP contribution < -0.4 is 16.8 Å². The van der Waals surface area contributed by atoms with Gasteiger partial charge in [0, 0.05) is 31.1 Å². The lowest BCUT2D eigenvalue weighted by atomic mass is 10.1. The lowest BCUT2D eigenvalue weighted by Crippen LogP contribution is -2.16. The molecule has 0 saturated heterocycles. The van der Waals surface area contributed by atoms with Gasteiger partial charge < -0.3 is 21.5 Å². The van der Waals surface area contributed by atoms with Crippen LogP contribution in [0.3, 0.4) is 0 Å². The van der Waals surface area contributed by atoms with Gasteiger partial charge in [0.2, 0.25) is 0 Å². The van der Waals surface area contributed by atoms with Crippen LogP contribution in [-0.2, 0) is 4.74 Å². The second-order valence-corrected chi connectivity index (χ2v) is 4.06. The number of ether oxygens (including phenoxy) is 1. The molecule has 0 saturated carbocycles. The molecule has 100 valence electrons. The van der Waals surface area contributed by atoms with Gasteiger partial charge in [-0.2, -0.15) is 0 Å². The van der Waals surface area contributed by atoms with Crippen LogP contribution in [0.15, 0.2) is 18.2 Å². The molecule has 0 fully saturated rings. The summed E-state index contributed by atoms with van der Waals surface area (Å²) >= 11 is 0. The van der Waals surface area contributed by atoms with Gasteiger partial charge in [-0.25, -0.2) is 0 Å². The molecular formula is C13H21N3O2. The van der Waals surface area contributed by atoms with Crippen molar-refractivity contribution >= 4 is 17.3 Å². The van der Waals surface area contributed by atoms with Crippen LogP contribution in [0.5, 0.6) is 0 Å². The Kier molecular flexibility index (Phi) is 6.00. The van der Waals surface area contributed by atoms with E-state index in [4.69, 9.17) is 16.2 Å². The van der Waals surface area contributed by atoms with E-state index in [9.17, 15) is 4.79 Å². The average molecular weight is 251 g/mol. The fourth-order valence-corrected chi connectivity index (χ4v) is 1.56. The summed E-state index contributed by atoms with van der Waals surface area (Å²) in [6.07, 6.45) is 1.90. The molecule has 0 unspecified atom stereocenters. The molecule has 0 heterocycles. The van der Waals surface area contributed by atoms with Crippen LogP contribution in [0, 0.1) is 0 Å². The number of primary amides is 1. The summed E-state index contributed by atoms with van der Waals surface area (Å²) in [6, 6.07) is 5.09. The van der Waals surface area contributed by atoms with Gasteiger partial charge in [-0.05, 0) is 31.0 Å². The number of hydrogen-bond donors (Lipinski definition) is 3. The predicted molar refractivity (Wildman–Crippen MR) is 73.6 cm³/mol. The molecular weight excluding hydrogens is 230 g/mol. The Balaban J connectivity index is 2.44. The Morgan fingerprint density at radius 3 is 2.83 bits per heavy atom. The molecule has 1 aromatic carbocycles. The van der Waals surface area contributed by atoms with Crippen molar-refractivity contribution in [1.29, 1.82) is 0 Å². The Morgan fingerprint density at radius 1 is 1.39 bits per heavy atom. The Bertz CT molecular complexity index is 394. The molecule has 5 heteroatoms. The third-order valence-electron chi connectivity index (χ3n) is 2.44. The smallest absolute Gasteiger partial charge is 0.250 e. The van der Waals surface area contributed by atoms with Crippen molar-refractivity contribution < 1.29 is 9.53 Å². The molecule has 0 aliphatic rings. The Labute approximate surface area is 107 Å². The molecule has 1 amide bonds. The molecule has 0 aliphatic heterocycles. The van der Waals surface area contributed by atoms with Crippen molar-refractivity contribution in [1.82, 2.24) is 0 Å². The monoisotopic (exact) mass is 251 g/mol. The maximum atomic E-state index is 11.2. The summed E-state index contributed by atoms with van der Waals surface area (Å²) in [7, 11) is 0. The van der Waals surface area contributed by atoms with E-state index in [1.54, 1.807) is 18.2 Å². The quantitative estimate of drug-likeness (QED) is 0.483. The number of nitrogen functional groups attached to an aromatic ring is 1. The molecule has 0 bridgehead atoms. The average Bonchev–Trinajstić information content (AvgIpc) is 2.35. The van der Waals surface area contributed by atoms with Crippen LogP contribution in [0.2, 0.25) is 0 Å².